The van der Waals surface area contributed by atoms with E-state index in [0.717, 1.165) is 6.42 Å². The fourth-order valence-electron chi connectivity index (χ4n) is 4.16. The van der Waals surface area contributed by atoms with Gasteiger partial charge in [0.15, 0.2) is 5.96 Å². The smallest absolute Gasteiger partial charge is 0.185 e. The van der Waals surface area contributed by atoms with Crippen molar-refractivity contribution in [2.24, 2.45) is 22.4 Å². The van der Waals surface area contributed by atoms with Gasteiger partial charge in [0.25, 0.3) is 0 Å². The number of benzene rings is 2. The molecule has 0 aliphatic heterocycles. The molecule has 0 heterocycles. The third kappa shape index (κ3) is 1.84. The van der Waals surface area contributed by atoms with E-state index in [-0.39, 0.29) is 5.96 Å². The molecule has 0 amide bonds. The number of nitrogens with zero attached hydrogens (tertiary/aromatic N) is 1. The molecule has 4 N–H and O–H groups in total. The fraction of sp³-hybridized carbons (Fsp3) is 0.278. The Morgan fingerprint density at radius 3 is 1.95 bits per heavy atom. The van der Waals surface area contributed by atoms with Gasteiger partial charge < -0.3 is 11.5 Å². The number of hydrogen-bond donors (Lipinski definition) is 2. The minimum Gasteiger partial charge on any atom is -0.370 e. The lowest BCUT2D eigenvalue weighted by Gasteiger charge is -2.45. The summed E-state index contributed by atoms with van der Waals surface area (Å²) in [7, 11) is 0. The van der Waals surface area contributed by atoms with E-state index in [1.165, 1.54) is 22.3 Å². The lowest BCUT2D eigenvalue weighted by molar-refractivity contribution is 0.365. The molecule has 3 aliphatic carbocycles. The van der Waals surface area contributed by atoms with Crippen molar-refractivity contribution < 1.29 is 0 Å². The molecule has 1 unspecified atom stereocenters. The van der Waals surface area contributed by atoms with Crippen LogP contribution in [0.1, 0.15) is 40.5 Å². The Labute approximate surface area is 124 Å². The van der Waals surface area contributed by atoms with Crippen molar-refractivity contribution in [1.29, 1.82) is 0 Å². The second kappa shape index (κ2) is 4.62. The first-order chi connectivity index (χ1) is 10.3. The average Bonchev–Trinajstić information content (AvgIpc) is 2.53. The molecule has 0 radical (unpaired) electrons. The van der Waals surface area contributed by atoms with Gasteiger partial charge >= 0.3 is 0 Å². The molecule has 3 heteroatoms. The number of nitrogens with two attached hydrogens (primary N) is 2. The van der Waals surface area contributed by atoms with Gasteiger partial charge in [-0.3, -0.25) is 4.99 Å². The van der Waals surface area contributed by atoms with Gasteiger partial charge in [0, 0.05) is 18.4 Å². The first-order valence-corrected chi connectivity index (χ1v) is 7.48. The van der Waals surface area contributed by atoms with Crippen molar-refractivity contribution in [3.8, 4) is 0 Å². The number of guanidine groups is 1. The standard InChI is InChI=1S/C18H19N3/c19-18(20)21-10-11-9-16-12-5-1-3-7-14(12)17(11)15-8-4-2-6-13(15)16/h1-8,11,16-17H,9-10H2,(H4,19,20,21). The number of fused-ring (bicyclic) bond motifs is 1. The zero-order valence-electron chi connectivity index (χ0n) is 11.9. The minimum absolute atomic E-state index is 0.193. The maximum atomic E-state index is 5.52. The van der Waals surface area contributed by atoms with Crippen molar-refractivity contribution in [2.75, 3.05) is 6.54 Å². The summed E-state index contributed by atoms with van der Waals surface area (Å²) in [6.45, 7) is 0.714. The lowest BCUT2D eigenvalue weighted by atomic mass is 9.59. The predicted octanol–water partition coefficient (Wildman–Crippen LogP) is 2.56. The molecule has 0 aromatic heterocycles. The van der Waals surface area contributed by atoms with Crippen molar-refractivity contribution in [1.82, 2.24) is 0 Å². The van der Waals surface area contributed by atoms with E-state index < -0.39 is 0 Å². The normalized spacial score (nSPS) is 25.0. The molecule has 2 aromatic rings. The lowest BCUT2D eigenvalue weighted by Crippen LogP contribution is -2.34. The maximum Gasteiger partial charge on any atom is 0.185 e. The van der Waals surface area contributed by atoms with Gasteiger partial charge in [0.1, 0.15) is 0 Å². The zero-order valence-corrected chi connectivity index (χ0v) is 11.9. The van der Waals surface area contributed by atoms with Crippen LogP contribution in [-0.4, -0.2) is 12.5 Å². The van der Waals surface area contributed by atoms with Crippen molar-refractivity contribution >= 4 is 5.96 Å². The van der Waals surface area contributed by atoms with Crippen LogP contribution in [0.3, 0.4) is 0 Å². The highest BCUT2D eigenvalue weighted by Gasteiger charge is 2.42. The molecule has 1 atom stereocenters. The van der Waals surface area contributed by atoms with Gasteiger partial charge in [0.05, 0.1) is 0 Å². The Morgan fingerprint density at radius 2 is 1.43 bits per heavy atom. The fourth-order valence-corrected chi connectivity index (χ4v) is 4.16. The highest BCUT2D eigenvalue weighted by Crippen LogP contribution is 2.55. The molecular weight excluding hydrogens is 258 g/mol. The van der Waals surface area contributed by atoms with Crippen LogP contribution in [0.25, 0.3) is 0 Å². The van der Waals surface area contributed by atoms with E-state index in [0.29, 0.717) is 24.3 Å². The van der Waals surface area contributed by atoms with Gasteiger partial charge in [-0.25, -0.2) is 0 Å². The predicted molar refractivity (Wildman–Crippen MR) is 85.4 cm³/mol. The van der Waals surface area contributed by atoms with E-state index in [9.17, 15) is 0 Å². The molecule has 3 nitrogen and oxygen atoms in total. The van der Waals surface area contributed by atoms with Crippen LogP contribution < -0.4 is 11.5 Å². The number of hydrogen-bond acceptors (Lipinski definition) is 1. The van der Waals surface area contributed by atoms with E-state index in [1.54, 1.807) is 0 Å². The Hall–Kier alpha value is -2.29. The molecule has 0 saturated heterocycles. The largest absolute Gasteiger partial charge is 0.370 e. The summed E-state index contributed by atoms with van der Waals surface area (Å²) in [4.78, 5) is 4.29. The SMILES string of the molecule is NC(N)=NCC1CC2c3ccccc3C1c1ccccc12. The highest BCUT2D eigenvalue weighted by molar-refractivity contribution is 5.75. The topological polar surface area (TPSA) is 64.4 Å². The molecule has 106 valence electrons. The van der Waals surface area contributed by atoms with E-state index in [2.05, 4.69) is 53.5 Å². The molecule has 0 fully saturated rings. The molecule has 2 aromatic carbocycles. The molecule has 0 spiro atoms. The van der Waals surface area contributed by atoms with Gasteiger partial charge in [-0.2, -0.15) is 0 Å². The van der Waals surface area contributed by atoms with Crippen molar-refractivity contribution in [3.05, 3.63) is 70.8 Å². The molecule has 0 saturated carbocycles. The van der Waals surface area contributed by atoms with E-state index in [4.69, 9.17) is 11.5 Å². The molecule has 5 rings (SSSR count). The van der Waals surface area contributed by atoms with Gasteiger partial charge in [-0.15, -0.1) is 0 Å². The molecular formula is C18H19N3. The van der Waals surface area contributed by atoms with Crippen molar-refractivity contribution in [2.45, 2.75) is 18.3 Å². The van der Waals surface area contributed by atoms with Crippen LogP contribution in [0, 0.1) is 5.92 Å². The van der Waals surface area contributed by atoms with Crippen LogP contribution >= 0.6 is 0 Å². The summed E-state index contributed by atoms with van der Waals surface area (Å²) in [5, 5.41) is 0. The van der Waals surface area contributed by atoms with Crippen LogP contribution in [0.2, 0.25) is 0 Å². The summed E-state index contributed by atoms with van der Waals surface area (Å²) in [5.41, 5.74) is 16.9. The van der Waals surface area contributed by atoms with Crippen LogP contribution in [-0.2, 0) is 0 Å². The van der Waals surface area contributed by atoms with Crippen LogP contribution in [0.15, 0.2) is 53.5 Å². The molecule has 3 aliphatic rings. The average molecular weight is 277 g/mol. The second-order valence-corrected chi connectivity index (χ2v) is 6.05. The highest BCUT2D eigenvalue weighted by atomic mass is 15.0. The first-order valence-electron chi connectivity index (χ1n) is 7.48. The molecule has 21 heavy (non-hydrogen) atoms. The summed E-state index contributed by atoms with van der Waals surface area (Å²) >= 11 is 0. The maximum absolute atomic E-state index is 5.52. The van der Waals surface area contributed by atoms with E-state index >= 15 is 0 Å². The Bertz CT molecular complexity index is 668. The summed E-state index contributed by atoms with van der Waals surface area (Å²) in [6.07, 6.45) is 1.13. The van der Waals surface area contributed by atoms with Crippen LogP contribution in [0.4, 0.5) is 0 Å². The van der Waals surface area contributed by atoms with Gasteiger partial charge in [0.2, 0.25) is 0 Å². The number of aliphatic imine (C=N–C) groups is 1. The monoisotopic (exact) mass is 277 g/mol. The summed E-state index contributed by atoms with van der Waals surface area (Å²) in [6, 6.07) is 17.7. The van der Waals surface area contributed by atoms with Crippen LogP contribution in [0.5, 0.6) is 0 Å². The third-order valence-electron chi connectivity index (χ3n) is 4.93. The Morgan fingerprint density at radius 1 is 0.905 bits per heavy atom. The minimum atomic E-state index is 0.193. The van der Waals surface area contributed by atoms with Gasteiger partial charge in [-0.1, -0.05) is 48.5 Å². The van der Waals surface area contributed by atoms with Crippen molar-refractivity contribution in [3.63, 3.8) is 0 Å². The summed E-state index contributed by atoms with van der Waals surface area (Å²) < 4.78 is 0. The zero-order chi connectivity index (χ0) is 14.4. The van der Waals surface area contributed by atoms with E-state index in [1.807, 2.05) is 0 Å². The quantitative estimate of drug-likeness (QED) is 0.654. The Balaban J connectivity index is 1.84. The Kier molecular flexibility index (Phi) is 2.74. The molecule has 2 bridgehead atoms. The second-order valence-electron chi connectivity index (χ2n) is 6.05. The first kappa shape index (κ1) is 12.5. The number of rotatable bonds is 2. The summed E-state index contributed by atoms with van der Waals surface area (Å²) in [5.74, 6) is 1.59. The third-order valence-corrected chi connectivity index (χ3v) is 4.93. The van der Waals surface area contributed by atoms with Gasteiger partial charge in [-0.05, 0) is 34.6 Å².